The van der Waals surface area contributed by atoms with Crippen molar-refractivity contribution in [1.29, 1.82) is 0 Å². The molecule has 13 aromatic carbocycles. The van der Waals surface area contributed by atoms with E-state index in [0.717, 1.165) is 111 Å². The zero-order chi connectivity index (χ0) is 50.8. The third-order valence-corrected chi connectivity index (χ3v) is 15.5. The summed E-state index contributed by atoms with van der Waals surface area (Å²) in [6.07, 6.45) is 0. The van der Waals surface area contributed by atoms with Gasteiger partial charge in [0.2, 0.25) is 0 Å². The molecule has 0 N–H and O–H groups in total. The van der Waals surface area contributed by atoms with E-state index in [1.54, 1.807) is 0 Å². The second-order valence-corrected chi connectivity index (χ2v) is 19.9. The molecule has 0 saturated carbocycles. The Bertz CT molecular complexity index is 4430. The normalized spacial score (nSPS) is 11.6. The summed E-state index contributed by atoms with van der Waals surface area (Å²) in [6.45, 7) is 0. The van der Waals surface area contributed by atoms with Gasteiger partial charge in [0.1, 0.15) is 22.3 Å². The Kier molecular flexibility index (Phi) is 10.5. The fourth-order valence-electron chi connectivity index (χ4n) is 11.7. The van der Waals surface area contributed by atoms with Gasteiger partial charge in [-0.15, -0.1) is 0 Å². The predicted molar refractivity (Wildman–Crippen MR) is 323 cm³/mol. The predicted octanol–water partition coefficient (Wildman–Crippen LogP) is 21.3. The van der Waals surface area contributed by atoms with Crippen LogP contribution in [0.1, 0.15) is 0 Å². The molecule has 0 saturated heterocycles. The molecule has 15 aromatic rings. The fraction of sp³-hybridized carbons (Fsp3) is 0. The molecular formula is C74H47NO2. The van der Waals surface area contributed by atoms with Crippen molar-refractivity contribution in [2.75, 3.05) is 4.90 Å². The maximum Gasteiger partial charge on any atom is 0.143 e. The van der Waals surface area contributed by atoms with Gasteiger partial charge in [-0.1, -0.05) is 237 Å². The zero-order valence-corrected chi connectivity index (χ0v) is 41.9. The van der Waals surface area contributed by atoms with Crippen molar-refractivity contribution in [1.82, 2.24) is 0 Å². The number of hydrogen-bond acceptors (Lipinski definition) is 3. The standard InChI is InChI=1S/C74H47NO2/c1-4-16-48(17-5-1)49-30-32-50(33-31-49)51-34-40-58(41-35-51)75(59-42-36-54(37-43-59)63-26-14-28-65-69-61-24-12-10-22-56(61)46-67(73(69)76-71(63)65)52-18-6-2-7-19-52)60-44-38-55(39-45-60)64-27-15-29-66-70-62-25-13-11-23-57(62)47-68(74(70)77-72(64)66)53-20-8-3-9-21-53/h1-47H. The van der Waals surface area contributed by atoms with Gasteiger partial charge in [-0.05, 0) is 115 Å². The molecule has 0 fully saturated rings. The van der Waals surface area contributed by atoms with Crippen LogP contribution in [-0.4, -0.2) is 0 Å². The van der Waals surface area contributed by atoms with Crippen LogP contribution in [0.2, 0.25) is 0 Å². The van der Waals surface area contributed by atoms with Gasteiger partial charge in [-0.3, -0.25) is 0 Å². The van der Waals surface area contributed by atoms with Gasteiger partial charge in [0, 0.05) is 60.9 Å². The Hall–Kier alpha value is -10.2. The number of rotatable bonds is 9. The number of furan rings is 2. The molecule has 2 heterocycles. The van der Waals surface area contributed by atoms with Gasteiger partial charge >= 0.3 is 0 Å². The number of para-hydroxylation sites is 2. The largest absolute Gasteiger partial charge is 0.455 e. The van der Waals surface area contributed by atoms with Gasteiger partial charge < -0.3 is 13.7 Å². The van der Waals surface area contributed by atoms with E-state index in [1.807, 2.05) is 0 Å². The van der Waals surface area contributed by atoms with Crippen LogP contribution in [0, 0.1) is 0 Å². The molecule has 0 aliphatic carbocycles. The van der Waals surface area contributed by atoms with E-state index >= 15 is 0 Å². The molecule has 15 rings (SSSR count). The lowest BCUT2D eigenvalue weighted by Gasteiger charge is -2.26. The number of benzene rings is 13. The van der Waals surface area contributed by atoms with Crippen LogP contribution in [-0.2, 0) is 0 Å². The minimum atomic E-state index is 0.882. The number of anilines is 3. The average Bonchev–Trinajstić information content (AvgIpc) is 4.34. The SMILES string of the molecule is c1ccc(-c2ccc(-c3ccc(N(c4ccc(-c5cccc6c5oc5c(-c7ccccc7)cc7ccccc7c56)cc4)c4ccc(-c5cccc6c5oc5c(-c7ccccc7)cc7ccccc7c56)cc4)cc3)cc2)cc1. The molecule has 0 bridgehead atoms. The van der Waals surface area contributed by atoms with Crippen LogP contribution in [0.3, 0.4) is 0 Å². The number of nitrogens with zero attached hydrogens (tertiary/aromatic N) is 1. The molecule has 3 heteroatoms. The smallest absolute Gasteiger partial charge is 0.143 e. The molecule has 2 aromatic heterocycles. The van der Waals surface area contributed by atoms with E-state index in [0.29, 0.717) is 0 Å². The fourth-order valence-corrected chi connectivity index (χ4v) is 11.7. The summed E-state index contributed by atoms with van der Waals surface area (Å²) in [5.74, 6) is 0. The van der Waals surface area contributed by atoms with Gasteiger partial charge in [-0.2, -0.15) is 0 Å². The average molecular weight is 982 g/mol. The van der Waals surface area contributed by atoms with Crippen molar-refractivity contribution in [3.63, 3.8) is 0 Å². The van der Waals surface area contributed by atoms with E-state index in [4.69, 9.17) is 8.83 Å². The first-order valence-electron chi connectivity index (χ1n) is 26.3. The molecule has 0 unspecified atom stereocenters. The third kappa shape index (κ3) is 7.59. The molecule has 0 amide bonds. The monoisotopic (exact) mass is 981 g/mol. The maximum absolute atomic E-state index is 7.04. The highest BCUT2D eigenvalue weighted by Crippen LogP contribution is 2.47. The van der Waals surface area contributed by atoms with Crippen LogP contribution >= 0.6 is 0 Å². The first-order valence-corrected chi connectivity index (χ1v) is 26.3. The van der Waals surface area contributed by atoms with E-state index in [9.17, 15) is 0 Å². The van der Waals surface area contributed by atoms with Crippen LogP contribution in [0.5, 0.6) is 0 Å². The van der Waals surface area contributed by atoms with Crippen molar-refractivity contribution < 1.29 is 8.83 Å². The second kappa shape index (κ2) is 18.3. The lowest BCUT2D eigenvalue weighted by molar-refractivity contribution is 0.671. The highest BCUT2D eigenvalue weighted by Gasteiger charge is 2.22. The zero-order valence-electron chi connectivity index (χ0n) is 41.9. The summed E-state index contributed by atoms with van der Waals surface area (Å²) < 4.78 is 14.1. The number of hydrogen-bond donors (Lipinski definition) is 0. The van der Waals surface area contributed by atoms with Crippen LogP contribution < -0.4 is 4.90 Å². The lowest BCUT2D eigenvalue weighted by Crippen LogP contribution is -2.09. The Morgan fingerprint density at radius 3 is 0.909 bits per heavy atom. The quantitative estimate of drug-likeness (QED) is 0.144. The van der Waals surface area contributed by atoms with Crippen molar-refractivity contribution in [3.05, 3.63) is 285 Å². The molecular weight excluding hydrogens is 935 g/mol. The van der Waals surface area contributed by atoms with Crippen LogP contribution in [0.4, 0.5) is 17.1 Å². The van der Waals surface area contributed by atoms with E-state index in [-0.39, 0.29) is 0 Å². The van der Waals surface area contributed by atoms with Gasteiger partial charge in [-0.25, -0.2) is 0 Å². The van der Waals surface area contributed by atoms with Gasteiger partial charge in [0.05, 0.1) is 0 Å². The van der Waals surface area contributed by atoms with E-state index < -0.39 is 0 Å². The first-order chi connectivity index (χ1) is 38.2. The van der Waals surface area contributed by atoms with Crippen molar-refractivity contribution in [2.45, 2.75) is 0 Å². The van der Waals surface area contributed by atoms with Crippen molar-refractivity contribution in [3.8, 4) is 66.8 Å². The maximum atomic E-state index is 7.04. The van der Waals surface area contributed by atoms with E-state index in [2.05, 4.69) is 290 Å². The van der Waals surface area contributed by atoms with Crippen LogP contribution in [0.15, 0.2) is 294 Å². The third-order valence-electron chi connectivity index (χ3n) is 15.5. The molecule has 0 atom stereocenters. The summed E-state index contributed by atoms with van der Waals surface area (Å²) in [7, 11) is 0. The Labute approximate surface area is 445 Å². The van der Waals surface area contributed by atoms with Gasteiger partial charge in [0.15, 0.2) is 0 Å². The molecule has 0 spiro atoms. The first kappa shape index (κ1) is 44.3. The molecule has 0 aliphatic rings. The second-order valence-electron chi connectivity index (χ2n) is 19.9. The Morgan fingerprint density at radius 2 is 0.506 bits per heavy atom. The highest BCUT2D eigenvalue weighted by atomic mass is 16.3. The van der Waals surface area contributed by atoms with Crippen LogP contribution in [0.25, 0.3) is 132 Å². The van der Waals surface area contributed by atoms with Gasteiger partial charge in [0.25, 0.3) is 0 Å². The summed E-state index contributed by atoms with van der Waals surface area (Å²) in [4.78, 5) is 2.34. The van der Waals surface area contributed by atoms with Crippen molar-refractivity contribution >= 4 is 82.5 Å². The summed E-state index contributed by atoms with van der Waals surface area (Å²) >= 11 is 0. The minimum absolute atomic E-state index is 0.882. The minimum Gasteiger partial charge on any atom is -0.455 e. The topological polar surface area (TPSA) is 29.5 Å². The number of fused-ring (bicyclic) bond motifs is 10. The molecule has 0 aliphatic heterocycles. The lowest BCUT2D eigenvalue weighted by atomic mass is 9.95. The molecule has 77 heavy (non-hydrogen) atoms. The Balaban J connectivity index is 0.835. The van der Waals surface area contributed by atoms with E-state index in [1.165, 1.54) is 38.2 Å². The molecule has 3 nitrogen and oxygen atoms in total. The summed E-state index contributed by atoms with van der Waals surface area (Å²) in [6, 6.07) is 102. The highest BCUT2D eigenvalue weighted by molar-refractivity contribution is 6.25. The summed E-state index contributed by atoms with van der Waals surface area (Å²) in [5, 5.41) is 9.25. The summed E-state index contributed by atoms with van der Waals surface area (Å²) in [5.41, 5.74) is 20.1. The molecule has 360 valence electrons. The molecule has 0 radical (unpaired) electrons. The van der Waals surface area contributed by atoms with Crippen molar-refractivity contribution in [2.24, 2.45) is 0 Å². The Morgan fingerprint density at radius 1 is 0.208 bits per heavy atom.